The number of hydrogen-bond acceptors (Lipinski definition) is 3. The molecule has 1 amide bonds. The number of ether oxygens (including phenoxy) is 1. The molecule has 6 heteroatoms. The normalized spacial score (nSPS) is 10.9. The van der Waals surface area contributed by atoms with E-state index in [0.29, 0.717) is 25.1 Å². The van der Waals surface area contributed by atoms with Gasteiger partial charge in [0.1, 0.15) is 17.4 Å². The Morgan fingerprint density at radius 3 is 2.50 bits per heavy atom. The van der Waals surface area contributed by atoms with Gasteiger partial charge in [0.25, 0.3) is 5.91 Å². The molecule has 164 valence electrons. The summed E-state index contributed by atoms with van der Waals surface area (Å²) in [6.45, 7) is 1.95. The highest BCUT2D eigenvalue weighted by Crippen LogP contribution is 2.18. The average molecular weight is 432 g/mol. The van der Waals surface area contributed by atoms with Crippen LogP contribution in [0.2, 0.25) is 0 Å². The van der Waals surface area contributed by atoms with Gasteiger partial charge in [0, 0.05) is 25.1 Å². The van der Waals surface area contributed by atoms with Crippen LogP contribution in [0.1, 0.15) is 29.0 Å². The minimum absolute atomic E-state index is 0.217. The van der Waals surface area contributed by atoms with E-state index in [-0.39, 0.29) is 11.7 Å². The molecule has 1 aromatic heterocycles. The Morgan fingerprint density at radius 1 is 0.938 bits per heavy atom. The van der Waals surface area contributed by atoms with E-state index in [1.165, 1.54) is 24.3 Å². The monoisotopic (exact) mass is 431 g/mol. The number of amides is 1. The quantitative estimate of drug-likeness (QED) is 0.359. The number of carbonyl (C=O) groups is 1. The van der Waals surface area contributed by atoms with Crippen LogP contribution < -0.4 is 10.1 Å². The Balaban J connectivity index is 1.33. The summed E-state index contributed by atoms with van der Waals surface area (Å²) in [6, 6.07) is 23.4. The molecular formula is C26H26FN3O2. The number of halogens is 1. The lowest BCUT2D eigenvalue weighted by molar-refractivity contribution is 0.0954. The number of unbranched alkanes of at least 4 members (excludes halogenated alkanes) is 1. The lowest BCUT2D eigenvalue weighted by atomic mass is 10.2. The number of para-hydroxylation sites is 3. The van der Waals surface area contributed by atoms with Gasteiger partial charge >= 0.3 is 0 Å². The highest BCUT2D eigenvalue weighted by Gasteiger charge is 2.11. The van der Waals surface area contributed by atoms with Crippen LogP contribution in [0.15, 0.2) is 78.9 Å². The van der Waals surface area contributed by atoms with Crippen LogP contribution >= 0.6 is 0 Å². The second-order valence-electron chi connectivity index (χ2n) is 7.55. The van der Waals surface area contributed by atoms with E-state index < -0.39 is 0 Å². The maximum Gasteiger partial charge on any atom is 0.251 e. The van der Waals surface area contributed by atoms with E-state index in [4.69, 9.17) is 9.72 Å². The number of rotatable bonds is 10. The van der Waals surface area contributed by atoms with Crippen molar-refractivity contribution in [3.05, 3.63) is 96.1 Å². The van der Waals surface area contributed by atoms with Gasteiger partial charge in [-0.25, -0.2) is 9.37 Å². The first-order valence-electron chi connectivity index (χ1n) is 10.9. The summed E-state index contributed by atoms with van der Waals surface area (Å²) in [5.74, 6) is 1.25. The first kappa shape index (κ1) is 21.6. The van der Waals surface area contributed by atoms with Crippen LogP contribution in [0.25, 0.3) is 11.0 Å². The first-order valence-corrected chi connectivity index (χ1v) is 10.9. The smallest absolute Gasteiger partial charge is 0.251 e. The van der Waals surface area contributed by atoms with E-state index in [9.17, 15) is 9.18 Å². The van der Waals surface area contributed by atoms with Gasteiger partial charge in [0.05, 0.1) is 17.6 Å². The van der Waals surface area contributed by atoms with E-state index in [2.05, 4.69) is 16.0 Å². The fourth-order valence-electron chi connectivity index (χ4n) is 3.64. The summed E-state index contributed by atoms with van der Waals surface area (Å²) < 4.78 is 21.1. The number of aryl methyl sites for hydroxylation is 1. The summed E-state index contributed by atoms with van der Waals surface area (Å²) in [5.41, 5.74) is 2.49. The zero-order valence-electron chi connectivity index (χ0n) is 17.8. The van der Waals surface area contributed by atoms with Crippen molar-refractivity contribution in [3.8, 4) is 5.75 Å². The third kappa shape index (κ3) is 5.52. The molecule has 0 unspecified atom stereocenters. The average Bonchev–Trinajstić information content (AvgIpc) is 3.17. The van der Waals surface area contributed by atoms with Crippen molar-refractivity contribution < 1.29 is 13.9 Å². The molecule has 0 bridgehead atoms. The molecule has 32 heavy (non-hydrogen) atoms. The Kier molecular flexibility index (Phi) is 7.12. The summed E-state index contributed by atoms with van der Waals surface area (Å²) in [7, 11) is 0. The van der Waals surface area contributed by atoms with Crippen molar-refractivity contribution in [2.24, 2.45) is 0 Å². The second-order valence-corrected chi connectivity index (χ2v) is 7.55. The molecule has 0 atom stereocenters. The summed E-state index contributed by atoms with van der Waals surface area (Å²) in [6.07, 6.45) is 2.51. The summed E-state index contributed by atoms with van der Waals surface area (Å²) >= 11 is 0. The molecule has 0 fully saturated rings. The van der Waals surface area contributed by atoms with Crippen LogP contribution in [0.4, 0.5) is 4.39 Å². The number of nitrogens with zero attached hydrogens (tertiary/aromatic N) is 2. The van der Waals surface area contributed by atoms with Crippen molar-refractivity contribution in [3.63, 3.8) is 0 Å². The van der Waals surface area contributed by atoms with Gasteiger partial charge in [-0.1, -0.05) is 30.3 Å². The molecule has 5 nitrogen and oxygen atoms in total. The zero-order valence-corrected chi connectivity index (χ0v) is 17.8. The molecule has 4 aromatic rings. The van der Waals surface area contributed by atoms with Crippen molar-refractivity contribution in [1.82, 2.24) is 14.9 Å². The van der Waals surface area contributed by atoms with Crippen molar-refractivity contribution in [2.45, 2.75) is 25.8 Å². The molecule has 0 aliphatic carbocycles. The molecule has 0 aliphatic rings. The predicted molar refractivity (Wildman–Crippen MR) is 123 cm³/mol. The lowest BCUT2D eigenvalue weighted by Crippen LogP contribution is -2.26. The fourth-order valence-corrected chi connectivity index (χ4v) is 3.64. The Bertz CT molecular complexity index is 1160. The maximum atomic E-state index is 13.1. The Morgan fingerprint density at radius 2 is 1.69 bits per heavy atom. The number of fused-ring (bicyclic) bond motifs is 1. The predicted octanol–water partition coefficient (Wildman–Crippen LogP) is 5.01. The fraction of sp³-hybridized carbons (Fsp3) is 0.231. The Hall–Kier alpha value is -3.67. The molecule has 0 saturated heterocycles. The van der Waals surface area contributed by atoms with Crippen LogP contribution in [0, 0.1) is 5.82 Å². The molecule has 1 N–H and O–H groups in total. The van der Waals surface area contributed by atoms with E-state index in [1.54, 1.807) is 0 Å². The van der Waals surface area contributed by atoms with Gasteiger partial charge in [-0.05, 0) is 61.4 Å². The molecule has 0 spiro atoms. The topological polar surface area (TPSA) is 56.2 Å². The minimum atomic E-state index is -0.357. The number of carbonyl (C=O) groups excluding carboxylic acids is 1. The van der Waals surface area contributed by atoms with Gasteiger partial charge < -0.3 is 14.6 Å². The molecule has 4 rings (SSSR count). The van der Waals surface area contributed by atoms with E-state index in [1.807, 2.05) is 48.5 Å². The van der Waals surface area contributed by atoms with Gasteiger partial charge in [-0.15, -0.1) is 0 Å². The van der Waals surface area contributed by atoms with Crippen molar-refractivity contribution in [2.75, 3.05) is 13.2 Å². The summed E-state index contributed by atoms with van der Waals surface area (Å²) in [5, 5.41) is 2.90. The highest BCUT2D eigenvalue weighted by atomic mass is 19.1. The third-order valence-corrected chi connectivity index (χ3v) is 5.26. The number of nitrogens with one attached hydrogen (secondary N) is 1. The Labute approximate surface area is 186 Å². The standard InChI is InChI=1S/C26H26FN3O2/c27-21-14-12-20(13-15-21)26(31)28-17-16-25-29-23-10-4-5-11-24(23)30(25)18-6-7-19-32-22-8-2-1-3-9-22/h1-5,8-15H,6-7,16-19H2,(H,28,31). The highest BCUT2D eigenvalue weighted by molar-refractivity contribution is 5.94. The number of hydrogen-bond donors (Lipinski definition) is 1. The van der Waals surface area contributed by atoms with E-state index >= 15 is 0 Å². The lowest BCUT2D eigenvalue weighted by Gasteiger charge is -2.11. The van der Waals surface area contributed by atoms with Gasteiger partial charge in [-0.3, -0.25) is 4.79 Å². The molecular weight excluding hydrogens is 405 g/mol. The van der Waals surface area contributed by atoms with Gasteiger partial charge in [0.2, 0.25) is 0 Å². The molecule has 0 aliphatic heterocycles. The molecule has 1 heterocycles. The molecule has 0 radical (unpaired) electrons. The molecule has 3 aromatic carbocycles. The summed E-state index contributed by atoms with van der Waals surface area (Å²) in [4.78, 5) is 17.1. The van der Waals surface area contributed by atoms with Gasteiger partial charge in [0.15, 0.2) is 0 Å². The van der Waals surface area contributed by atoms with Crippen molar-refractivity contribution in [1.29, 1.82) is 0 Å². The molecule has 0 saturated carbocycles. The number of imidazole rings is 1. The zero-order chi connectivity index (χ0) is 22.2. The number of benzene rings is 3. The third-order valence-electron chi connectivity index (χ3n) is 5.26. The maximum absolute atomic E-state index is 13.1. The van der Waals surface area contributed by atoms with Crippen molar-refractivity contribution >= 4 is 16.9 Å². The van der Waals surface area contributed by atoms with Crippen LogP contribution in [-0.4, -0.2) is 28.6 Å². The van der Waals surface area contributed by atoms with Crippen LogP contribution in [0.5, 0.6) is 5.75 Å². The minimum Gasteiger partial charge on any atom is -0.494 e. The largest absolute Gasteiger partial charge is 0.494 e. The first-order chi connectivity index (χ1) is 15.7. The van der Waals surface area contributed by atoms with Crippen LogP contribution in [-0.2, 0) is 13.0 Å². The second kappa shape index (κ2) is 10.6. The van der Waals surface area contributed by atoms with E-state index in [0.717, 1.165) is 42.0 Å². The van der Waals surface area contributed by atoms with Gasteiger partial charge in [-0.2, -0.15) is 0 Å². The SMILES string of the molecule is O=C(NCCc1nc2ccccc2n1CCCCOc1ccccc1)c1ccc(F)cc1. The number of aromatic nitrogens is 2. The van der Waals surface area contributed by atoms with Crippen LogP contribution in [0.3, 0.4) is 0 Å².